The topological polar surface area (TPSA) is 42.1 Å². The molecule has 0 saturated carbocycles. The summed E-state index contributed by atoms with van der Waals surface area (Å²) in [7, 11) is 1.64. The van der Waals surface area contributed by atoms with Crippen molar-refractivity contribution in [3.63, 3.8) is 0 Å². The zero-order valence-electron chi connectivity index (χ0n) is 10.4. The average Bonchev–Trinajstić information content (AvgIpc) is 2.71. The molecule has 2 aromatic rings. The third kappa shape index (κ3) is 2.33. The smallest absolute Gasteiger partial charge is 0.179 e. The van der Waals surface area contributed by atoms with Crippen molar-refractivity contribution in [2.75, 3.05) is 7.11 Å². The van der Waals surface area contributed by atoms with Crippen LogP contribution < -0.4 is 4.74 Å². The lowest BCUT2D eigenvalue weighted by atomic mass is 10.1. The summed E-state index contributed by atoms with van der Waals surface area (Å²) in [6, 6.07) is 7.63. The summed E-state index contributed by atoms with van der Waals surface area (Å²) in [5.74, 6) is 1.32. The van der Waals surface area contributed by atoms with E-state index in [0.717, 1.165) is 16.7 Å². The number of benzene rings is 1. The van der Waals surface area contributed by atoms with Crippen LogP contribution >= 0.6 is 0 Å². The van der Waals surface area contributed by atoms with Crippen LogP contribution in [-0.2, 0) is 0 Å². The van der Waals surface area contributed by atoms with Gasteiger partial charge in [0, 0.05) is 17.3 Å². The number of nitrogens with one attached hydrogen (secondary N) is 1. The molecule has 0 bridgehead atoms. The molecule has 2 rings (SSSR count). The molecule has 0 aliphatic heterocycles. The first kappa shape index (κ1) is 11.7. The van der Waals surface area contributed by atoms with Crippen molar-refractivity contribution in [1.82, 2.24) is 4.98 Å². The third-order valence-corrected chi connectivity index (χ3v) is 2.74. The highest BCUT2D eigenvalue weighted by molar-refractivity contribution is 6.00. The first-order valence-corrected chi connectivity index (χ1v) is 5.80. The molecule has 90 valence electrons. The molecule has 0 fully saturated rings. The Balaban J connectivity index is 2.41. The van der Waals surface area contributed by atoms with Crippen LogP contribution in [0, 0.1) is 5.92 Å². The molecule has 1 heterocycles. The number of carbonyl (C=O) groups excluding carboxylic acids is 1. The van der Waals surface area contributed by atoms with Gasteiger partial charge in [-0.15, -0.1) is 0 Å². The highest BCUT2D eigenvalue weighted by Crippen LogP contribution is 2.26. The molecule has 0 unspecified atom stereocenters. The number of methoxy groups -OCH3 is 1. The Morgan fingerprint density at radius 1 is 1.41 bits per heavy atom. The van der Waals surface area contributed by atoms with E-state index < -0.39 is 0 Å². The van der Waals surface area contributed by atoms with E-state index in [1.54, 1.807) is 7.11 Å². The maximum absolute atomic E-state index is 12.0. The maximum atomic E-state index is 12.0. The van der Waals surface area contributed by atoms with Gasteiger partial charge in [-0.2, -0.15) is 0 Å². The van der Waals surface area contributed by atoms with Gasteiger partial charge in [0.15, 0.2) is 5.78 Å². The normalized spacial score (nSPS) is 11.1. The number of carbonyl (C=O) groups is 1. The Morgan fingerprint density at radius 3 is 2.82 bits per heavy atom. The van der Waals surface area contributed by atoms with Crippen LogP contribution in [0.1, 0.15) is 30.8 Å². The second kappa shape index (κ2) is 4.62. The number of hydrogen-bond donors (Lipinski definition) is 1. The summed E-state index contributed by atoms with van der Waals surface area (Å²) >= 11 is 0. The van der Waals surface area contributed by atoms with Gasteiger partial charge in [-0.05, 0) is 24.1 Å². The van der Waals surface area contributed by atoms with Crippen molar-refractivity contribution in [2.45, 2.75) is 20.3 Å². The van der Waals surface area contributed by atoms with E-state index in [1.165, 1.54) is 0 Å². The van der Waals surface area contributed by atoms with E-state index in [2.05, 4.69) is 4.98 Å². The van der Waals surface area contributed by atoms with Gasteiger partial charge in [-0.1, -0.05) is 19.9 Å². The van der Waals surface area contributed by atoms with Crippen LogP contribution in [0.5, 0.6) is 5.75 Å². The minimum atomic E-state index is 0.151. The number of Topliss-reactive ketones (excluding diaryl/α,β-unsaturated/α-hetero) is 1. The standard InChI is InChI=1S/C14H17NO2/c1-9(2)7-13(16)12-8-10-11(15-12)5-4-6-14(10)17-3/h4-6,8-9,15H,7H2,1-3H3. The van der Waals surface area contributed by atoms with E-state index in [0.29, 0.717) is 18.0 Å². The number of ether oxygens (including phenoxy) is 1. The van der Waals surface area contributed by atoms with E-state index in [9.17, 15) is 4.79 Å². The molecule has 1 aromatic heterocycles. The van der Waals surface area contributed by atoms with Crippen LogP contribution in [0.2, 0.25) is 0 Å². The van der Waals surface area contributed by atoms with Gasteiger partial charge < -0.3 is 9.72 Å². The first-order valence-electron chi connectivity index (χ1n) is 5.80. The predicted molar refractivity (Wildman–Crippen MR) is 68.6 cm³/mol. The van der Waals surface area contributed by atoms with Crippen molar-refractivity contribution in [3.8, 4) is 5.75 Å². The molecular weight excluding hydrogens is 214 g/mol. The minimum absolute atomic E-state index is 0.151. The van der Waals surface area contributed by atoms with E-state index in [1.807, 2.05) is 38.1 Å². The lowest BCUT2D eigenvalue weighted by molar-refractivity contribution is 0.0964. The first-order chi connectivity index (χ1) is 8.11. The molecule has 0 aliphatic carbocycles. The molecular formula is C14H17NO2. The molecule has 3 nitrogen and oxygen atoms in total. The zero-order valence-corrected chi connectivity index (χ0v) is 10.4. The van der Waals surface area contributed by atoms with Crippen LogP contribution in [-0.4, -0.2) is 17.9 Å². The number of fused-ring (bicyclic) bond motifs is 1. The SMILES string of the molecule is COc1cccc2[nH]c(C(=O)CC(C)C)cc12. The van der Waals surface area contributed by atoms with Crippen molar-refractivity contribution < 1.29 is 9.53 Å². The Bertz CT molecular complexity index is 540. The molecule has 0 saturated heterocycles. The molecule has 0 amide bonds. The number of aromatic amines is 1. The fourth-order valence-corrected chi connectivity index (χ4v) is 1.94. The van der Waals surface area contributed by atoms with Gasteiger partial charge in [0.25, 0.3) is 0 Å². The van der Waals surface area contributed by atoms with Crippen molar-refractivity contribution in [3.05, 3.63) is 30.0 Å². The molecule has 1 aromatic carbocycles. The van der Waals surface area contributed by atoms with E-state index >= 15 is 0 Å². The van der Waals surface area contributed by atoms with Crippen LogP contribution in [0.15, 0.2) is 24.3 Å². The van der Waals surface area contributed by atoms with Gasteiger partial charge in [-0.3, -0.25) is 4.79 Å². The Morgan fingerprint density at radius 2 is 2.18 bits per heavy atom. The minimum Gasteiger partial charge on any atom is -0.496 e. The lowest BCUT2D eigenvalue weighted by Crippen LogP contribution is -2.03. The van der Waals surface area contributed by atoms with Gasteiger partial charge >= 0.3 is 0 Å². The van der Waals surface area contributed by atoms with Gasteiger partial charge in [0.1, 0.15) is 5.75 Å². The number of H-pyrrole nitrogens is 1. The molecule has 0 atom stereocenters. The van der Waals surface area contributed by atoms with Crippen LogP contribution in [0.3, 0.4) is 0 Å². The molecule has 0 radical (unpaired) electrons. The number of aromatic nitrogens is 1. The van der Waals surface area contributed by atoms with E-state index in [4.69, 9.17) is 4.74 Å². The summed E-state index contributed by atoms with van der Waals surface area (Å²) in [5, 5.41) is 0.960. The Labute approximate surface area is 101 Å². The monoisotopic (exact) mass is 231 g/mol. The molecule has 1 N–H and O–H groups in total. The molecule has 17 heavy (non-hydrogen) atoms. The van der Waals surface area contributed by atoms with Crippen molar-refractivity contribution in [1.29, 1.82) is 0 Å². The quantitative estimate of drug-likeness (QED) is 0.819. The van der Waals surface area contributed by atoms with Gasteiger partial charge in [-0.25, -0.2) is 0 Å². The van der Waals surface area contributed by atoms with Crippen molar-refractivity contribution >= 4 is 16.7 Å². The second-order valence-electron chi connectivity index (χ2n) is 4.63. The Kier molecular flexibility index (Phi) is 3.18. The summed E-state index contributed by atoms with van der Waals surface area (Å²) in [4.78, 5) is 15.1. The maximum Gasteiger partial charge on any atom is 0.179 e. The van der Waals surface area contributed by atoms with Crippen LogP contribution in [0.25, 0.3) is 10.9 Å². The zero-order chi connectivity index (χ0) is 12.4. The van der Waals surface area contributed by atoms with E-state index in [-0.39, 0.29) is 5.78 Å². The summed E-state index contributed by atoms with van der Waals surface area (Å²) < 4.78 is 5.27. The van der Waals surface area contributed by atoms with Crippen molar-refractivity contribution in [2.24, 2.45) is 5.92 Å². The number of hydrogen-bond acceptors (Lipinski definition) is 2. The fourth-order valence-electron chi connectivity index (χ4n) is 1.94. The third-order valence-electron chi connectivity index (χ3n) is 2.74. The van der Waals surface area contributed by atoms with Gasteiger partial charge in [0.05, 0.1) is 12.8 Å². The summed E-state index contributed by atoms with van der Waals surface area (Å²) in [6.07, 6.45) is 0.565. The van der Waals surface area contributed by atoms with Gasteiger partial charge in [0.2, 0.25) is 0 Å². The predicted octanol–water partition coefficient (Wildman–Crippen LogP) is 3.41. The molecule has 0 spiro atoms. The number of ketones is 1. The van der Waals surface area contributed by atoms with Crippen LogP contribution in [0.4, 0.5) is 0 Å². The average molecular weight is 231 g/mol. The highest BCUT2D eigenvalue weighted by Gasteiger charge is 2.12. The molecule has 3 heteroatoms. The number of rotatable bonds is 4. The summed E-state index contributed by atoms with van der Waals surface area (Å²) in [5.41, 5.74) is 1.61. The Hall–Kier alpha value is -1.77. The summed E-state index contributed by atoms with van der Waals surface area (Å²) in [6.45, 7) is 4.09. The molecule has 0 aliphatic rings. The second-order valence-corrected chi connectivity index (χ2v) is 4.63. The highest BCUT2D eigenvalue weighted by atomic mass is 16.5. The lowest BCUT2D eigenvalue weighted by Gasteiger charge is -2.00. The largest absolute Gasteiger partial charge is 0.496 e. The fraction of sp³-hybridized carbons (Fsp3) is 0.357.